The fourth-order valence-electron chi connectivity index (χ4n) is 2.21. The van der Waals surface area contributed by atoms with Gasteiger partial charge in [0.2, 0.25) is 0 Å². The van der Waals surface area contributed by atoms with E-state index in [9.17, 15) is 10.2 Å². The molecule has 2 aromatic rings. The molecule has 2 N–H and O–H groups in total. The van der Waals surface area contributed by atoms with Crippen molar-refractivity contribution in [2.24, 2.45) is 0 Å². The molecule has 0 aromatic carbocycles. The molecule has 1 aliphatic rings. The van der Waals surface area contributed by atoms with Crippen LogP contribution in [0.25, 0.3) is 11.2 Å². The van der Waals surface area contributed by atoms with Gasteiger partial charge in [0.25, 0.3) is 0 Å². The van der Waals surface area contributed by atoms with Crippen LogP contribution in [-0.4, -0.2) is 48.0 Å². The maximum Gasteiger partial charge on any atom is 0.165 e. The predicted octanol–water partition coefficient (Wildman–Crippen LogP) is -0.226. The van der Waals surface area contributed by atoms with Gasteiger partial charge in [-0.3, -0.25) is 4.57 Å². The minimum Gasteiger partial charge on any atom is -0.388 e. The summed E-state index contributed by atoms with van der Waals surface area (Å²) in [6.07, 6.45) is -0.00934. The van der Waals surface area contributed by atoms with E-state index in [0.717, 1.165) is 5.69 Å². The van der Waals surface area contributed by atoms with Crippen molar-refractivity contribution < 1.29 is 14.9 Å². The predicted molar refractivity (Wildman–Crippen MR) is 61.7 cm³/mol. The standard InChI is InChI=1S/C11H14N4O3/c1-5-7-10(13-3-12-5)15(4-14-7)11-9(17)8(16)6(2)18-11/h3-4,6,8-9,11,16-17H,1-2H3/t6-,8?,9+,11-/m1/s1. The lowest BCUT2D eigenvalue weighted by molar-refractivity contribution is -0.0299. The highest BCUT2D eigenvalue weighted by atomic mass is 16.6. The largest absolute Gasteiger partial charge is 0.388 e. The zero-order valence-electron chi connectivity index (χ0n) is 10.1. The second kappa shape index (κ2) is 3.98. The molecule has 0 spiro atoms. The summed E-state index contributed by atoms with van der Waals surface area (Å²) >= 11 is 0. The van der Waals surface area contributed by atoms with E-state index < -0.39 is 24.5 Å². The first-order chi connectivity index (χ1) is 8.59. The van der Waals surface area contributed by atoms with Crippen LogP contribution in [0.2, 0.25) is 0 Å². The molecule has 1 fully saturated rings. The Morgan fingerprint density at radius 3 is 2.67 bits per heavy atom. The molecule has 96 valence electrons. The summed E-state index contributed by atoms with van der Waals surface area (Å²) in [5, 5.41) is 19.7. The molecule has 0 saturated carbocycles. The molecule has 3 heterocycles. The third-order valence-electron chi connectivity index (χ3n) is 3.29. The Kier molecular flexibility index (Phi) is 2.54. The number of ether oxygens (including phenoxy) is 1. The Bertz CT molecular complexity index is 585. The maximum atomic E-state index is 9.96. The highest BCUT2D eigenvalue weighted by Gasteiger charge is 2.41. The van der Waals surface area contributed by atoms with Crippen molar-refractivity contribution in [1.29, 1.82) is 0 Å². The highest BCUT2D eigenvalue weighted by Crippen LogP contribution is 2.31. The lowest BCUT2D eigenvalue weighted by Gasteiger charge is -2.16. The van der Waals surface area contributed by atoms with Crippen LogP contribution in [0.4, 0.5) is 0 Å². The number of rotatable bonds is 1. The summed E-state index contributed by atoms with van der Waals surface area (Å²) in [4.78, 5) is 12.4. The van der Waals surface area contributed by atoms with Crippen molar-refractivity contribution >= 4 is 11.2 Å². The number of nitrogens with zero attached hydrogens (tertiary/aromatic N) is 4. The van der Waals surface area contributed by atoms with Crippen molar-refractivity contribution in [1.82, 2.24) is 19.5 Å². The average Bonchev–Trinajstić information content (AvgIpc) is 2.88. The first-order valence-corrected chi connectivity index (χ1v) is 5.75. The lowest BCUT2D eigenvalue weighted by Crippen LogP contribution is -2.30. The zero-order chi connectivity index (χ0) is 12.9. The van der Waals surface area contributed by atoms with E-state index in [1.165, 1.54) is 6.33 Å². The molecule has 0 radical (unpaired) electrons. The molecule has 1 saturated heterocycles. The molecule has 18 heavy (non-hydrogen) atoms. The number of imidazole rings is 1. The van der Waals surface area contributed by atoms with Gasteiger partial charge in [0.05, 0.1) is 18.1 Å². The third kappa shape index (κ3) is 1.52. The molecule has 1 aliphatic heterocycles. The van der Waals surface area contributed by atoms with Gasteiger partial charge in [-0.25, -0.2) is 15.0 Å². The summed E-state index contributed by atoms with van der Waals surface area (Å²) in [5.41, 5.74) is 2.02. The minimum absolute atomic E-state index is 0.426. The lowest BCUT2D eigenvalue weighted by atomic mass is 10.1. The highest BCUT2D eigenvalue weighted by molar-refractivity contribution is 5.72. The molecule has 2 aromatic heterocycles. The van der Waals surface area contributed by atoms with Crippen LogP contribution in [-0.2, 0) is 4.74 Å². The van der Waals surface area contributed by atoms with Crippen molar-refractivity contribution in [2.45, 2.75) is 38.4 Å². The summed E-state index contributed by atoms with van der Waals surface area (Å²) in [6.45, 7) is 3.55. The summed E-state index contributed by atoms with van der Waals surface area (Å²) < 4.78 is 7.17. The van der Waals surface area contributed by atoms with Crippen molar-refractivity contribution in [3.63, 3.8) is 0 Å². The molecule has 0 aliphatic carbocycles. The number of aliphatic hydroxyl groups is 2. The third-order valence-corrected chi connectivity index (χ3v) is 3.29. The van der Waals surface area contributed by atoms with Crippen LogP contribution in [0.5, 0.6) is 0 Å². The van der Waals surface area contributed by atoms with Crippen molar-refractivity contribution in [3.05, 3.63) is 18.3 Å². The Hall–Kier alpha value is -1.57. The van der Waals surface area contributed by atoms with Gasteiger partial charge >= 0.3 is 0 Å². The molecule has 7 heteroatoms. The van der Waals surface area contributed by atoms with Gasteiger partial charge in [-0.2, -0.15) is 0 Å². The van der Waals surface area contributed by atoms with Gasteiger partial charge in [-0.05, 0) is 13.8 Å². The first kappa shape index (κ1) is 11.5. The van der Waals surface area contributed by atoms with Gasteiger partial charge < -0.3 is 14.9 Å². The van der Waals surface area contributed by atoms with Crippen molar-refractivity contribution in [2.75, 3.05) is 0 Å². The SMILES string of the molecule is Cc1ncnc2c1ncn2[C@@H]1O[C@H](C)C(O)[C@@H]1O. The molecule has 7 nitrogen and oxygen atoms in total. The first-order valence-electron chi connectivity index (χ1n) is 5.75. The molecule has 0 amide bonds. The number of aliphatic hydroxyl groups excluding tert-OH is 2. The zero-order valence-corrected chi connectivity index (χ0v) is 10.1. The molecular weight excluding hydrogens is 236 g/mol. The average molecular weight is 250 g/mol. The van der Waals surface area contributed by atoms with Gasteiger partial charge in [-0.15, -0.1) is 0 Å². The van der Waals surface area contributed by atoms with E-state index >= 15 is 0 Å². The molecule has 4 atom stereocenters. The van der Waals surface area contributed by atoms with Crippen LogP contribution in [0, 0.1) is 6.92 Å². The van der Waals surface area contributed by atoms with Gasteiger partial charge in [0.1, 0.15) is 24.1 Å². The van der Waals surface area contributed by atoms with Crippen LogP contribution < -0.4 is 0 Å². The molecule has 0 bridgehead atoms. The van der Waals surface area contributed by atoms with Crippen molar-refractivity contribution in [3.8, 4) is 0 Å². The van der Waals surface area contributed by atoms with Crippen LogP contribution in [0.1, 0.15) is 18.8 Å². The normalized spacial score (nSPS) is 32.2. The molecular formula is C11H14N4O3. The summed E-state index contributed by atoms with van der Waals surface area (Å²) in [5.74, 6) is 0. The number of aromatic nitrogens is 4. The van der Waals surface area contributed by atoms with Crippen LogP contribution >= 0.6 is 0 Å². The second-order valence-corrected chi connectivity index (χ2v) is 4.50. The Morgan fingerprint density at radius 1 is 1.22 bits per heavy atom. The van der Waals surface area contributed by atoms with Gasteiger partial charge in [-0.1, -0.05) is 0 Å². The number of hydrogen-bond acceptors (Lipinski definition) is 6. The van der Waals surface area contributed by atoms with E-state index in [0.29, 0.717) is 11.2 Å². The Morgan fingerprint density at radius 2 is 2.00 bits per heavy atom. The molecule has 1 unspecified atom stereocenters. The van der Waals surface area contributed by atoms with E-state index in [-0.39, 0.29) is 0 Å². The van der Waals surface area contributed by atoms with E-state index in [1.54, 1.807) is 17.8 Å². The van der Waals surface area contributed by atoms with Gasteiger partial charge in [0, 0.05) is 0 Å². The fourth-order valence-corrected chi connectivity index (χ4v) is 2.21. The monoisotopic (exact) mass is 250 g/mol. The quantitative estimate of drug-likeness (QED) is 0.726. The van der Waals surface area contributed by atoms with Crippen LogP contribution in [0.3, 0.4) is 0 Å². The summed E-state index contributed by atoms with van der Waals surface area (Å²) in [6, 6.07) is 0. The van der Waals surface area contributed by atoms with Gasteiger partial charge in [0.15, 0.2) is 11.9 Å². The molecule has 3 rings (SSSR count). The van der Waals surface area contributed by atoms with Crippen LogP contribution in [0.15, 0.2) is 12.7 Å². The number of aryl methyl sites for hydroxylation is 1. The maximum absolute atomic E-state index is 9.96. The Balaban J connectivity index is 2.08. The second-order valence-electron chi connectivity index (χ2n) is 4.50. The number of hydrogen-bond donors (Lipinski definition) is 2. The Labute approximate surface area is 103 Å². The topological polar surface area (TPSA) is 93.3 Å². The van der Waals surface area contributed by atoms with E-state index in [1.807, 2.05) is 6.92 Å². The van der Waals surface area contributed by atoms with E-state index in [2.05, 4.69) is 15.0 Å². The fraction of sp³-hybridized carbons (Fsp3) is 0.545. The van der Waals surface area contributed by atoms with E-state index in [4.69, 9.17) is 4.74 Å². The minimum atomic E-state index is -0.993. The smallest absolute Gasteiger partial charge is 0.165 e. The summed E-state index contributed by atoms with van der Waals surface area (Å²) in [7, 11) is 0. The number of fused-ring (bicyclic) bond motifs is 1.